The van der Waals surface area contributed by atoms with Crippen molar-refractivity contribution in [2.45, 2.75) is 168 Å². The average molecular weight is 381 g/mol. The maximum Gasteiger partial charge on any atom is -0.0443 e. The molecule has 0 aliphatic carbocycles. The summed E-state index contributed by atoms with van der Waals surface area (Å²) in [7, 11) is 0. The summed E-state index contributed by atoms with van der Waals surface area (Å²) in [5.74, 6) is 0.971. The predicted molar refractivity (Wildman–Crippen MR) is 127 cm³/mol. The van der Waals surface area contributed by atoms with Crippen molar-refractivity contribution in [3.63, 3.8) is 0 Å². The lowest BCUT2D eigenvalue weighted by molar-refractivity contribution is 0.431. The molecule has 0 radical (unpaired) electrons. The van der Waals surface area contributed by atoms with Gasteiger partial charge in [-0.3, -0.25) is 0 Å². The van der Waals surface area contributed by atoms with E-state index < -0.39 is 0 Å². The molecule has 1 atom stereocenters. The molecule has 0 aliphatic rings. The van der Waals surface area contributed by atoms with E-state index in [0.29, 0.717) is 0 Å². The van der Waals surface area contributed by atoms with Crippen LogP contribution in [-0.2, 0) is 0 Å². The molecule has 0 saturated heterocycles. The second kappa shape index (κ2) is 24.0. The summed E-state index contributed by atoms with van der Waals surface area (Å²) in [6, 6.07) is 0. The molecule has 0 nitrogen and oxygen atoms in total. The van der Waals surface area contributed by atoms with Crippen molar-refractivity contribution >= 4 is 0 Å². The summed E-state index contributed by atoms with van der Waals surface area (Å²) in [5, 5.41) is 0. The van der Waals surface area contributed by atoms with Crippen molar-refractivity contribution < 1.29 is 0 Å². The molecule has 0 heteroatoms. The second-order valence-electron chi connectivity index (χ2n) is 9.40. The van der Waals surface area contributed by atoms with Gasteiger partial charge in [-0.25, -0.2) is 0 Å². The van der Waals surface area contributed by atoms with Crippen molar-refractivity contribution in [2.75, 3.05) is 0 Å². The Balaban J connectivity index is 3.08. The molecule has 164 valence electrons. The molecular weight excluding hydrogens is 324 g/mol. The van der Waals surface area contributed by atoms with Crippen molar-refractivity contribution in [1.29, 1.82) is 0 Å². The normalized spacial score (nSPS) is 12.6. The summed E-state index contributed by atoms with van der Waals surface area (Å²) in [6.45, 7) is 7.09. The smallest absolute Gasteiger partial charge is 0.0443 e. The standard InChI is InChI=1S/C27H56/c1-4-6-8-10-11-12-13-14-15-16-17-18-19-20-22-24-26-27(3)25-23-21-9-7-5-2/h27H,4-26H2,1-3H3. The number of unbranched alkanes of at least 4 members (excludes halogenated alkanes) is 19. The van der Waals surface area contributed by atoms with Crippen molar-refractivity contribution in [3.8, 4) is 0 Å². The largest absolute Gasteiger partial charge is 0.0654 e. The molecule has 0 aromatic carbocycles. The Kier molecular flexibility index (Phi) is 24.0. The molecule has 0 aromatic rings. The fourth-order valence-corrected chi connectivity index (χ4v) is 4.28. The van der Waals surface area contributed by atoms with Gasteiger partial charge in [0.15, 0.2) is 0 Å². The third-order valence-corrected chi connectivity index (χ3v) is 6.35. The van der Waals surface area contributed by atoms with Gasteiger partial charge in [-0.1, -0.05) is 168 Å². The van der Waals surface area contributed by atoms with Crippen LogP contribution in [0.25, 0.3) is 0 Å². The zero-order chi connectivity index (χ0) is 19.8. The van der Waals surface area contributed by atoms with Crippen LogP contribution in [0.4, 0.5) is 0 Å². The van der Waals surface area contributed by atoms with Gasteiger partial charge in [-0.15, -0.1) is 0 Å². The highest BCUT2D eigenvalue weighted by Gasteiger charge is 2.02. The SMILES string of the molecule is CCCCCCCCCCCCCCCCCCC(C)CCCCCCC. The number of hydrogen-bond donors (Lipinski definition) is 0. The van der Waals surface area contributed by atoms with E-state index in [9.17, 15) is 0 Å². The zero-order valence-electron chi connectivity index (χ0n) is 19.8. The first-order chi connectivity index (χ1) is 13.3. The topological polar surface area (TPSA) is 0 Å². The van der Waals surface area contributed by atoms with E-state index in [0.717, 1.165) is 5.92 Å². The van der Waals surface area contributed by atoms with Gasteiger partial charge in [0.05, 0.1) is 0 Å². The van der Waals surface area contributed by atoms with Crippen molar-refractivity contribution in [1.82, 2.24) is 0 Å². The Bertz CT molecular complexity index is 244. The molecular formula is C27H56. The minimum atomic E-state index is 0.971. The molecule has 0 saturated carbocycles. The van der Waals surface area contributed by atoms with Crippen LogP contribution in [0.3, 0.4) is 0 Å². The van der Waals surface area contributed by atoms with E-state index in [-0.39, 0.29) is 0 Å². The van der Waals surface area contributed by atoms with Gasteiger partial charge in [0.2, 0.25) is 0 Å². The fraction of sp³-hybridized carbons (Fsp3) is 1.00. The maximum absolute atomic E-state index is 2.48. The Morgan fingerprint density at radius 3 is 0.815 bits per heavy atom. The van der Waals surface area contributed by atoms with Gasteiger partial charge in [0.25, 0.3) is 0 Å². The lowest BCUT2D eigenvalue weighted by atomic mass is 9.96. The van der Waals surface area contributed by atoms with Gasteiger partial charge >= 0.3 is 0 Å². The number of hydrogen-bond acceptors (Lipinski definition) is 0. The van der Waals surface area contributed by atoms with E-state index in [1.807, 2.05) is 0 Å². The van der Waals surface area contributed by atoms with Gasteiger partial charge in [0, 0.05) is 0 Å². The Morgan fingerprint density at radius 1 is 0.333 bits per heavy atom. The van der Waals surface area contributed by atoms with Gasteiger partial charge < -0.3 is 0 Å². The molecule has 1 unspecified atom stereocenters. The second-order valence-corrected chi connectivity index (χ2v) is 9.40. The summed E-state index contributed by atoms with van der Waals surface area (Å²) in [4.78, 5) is 0. The van der Waals surface area contributed by atoms with Crippen LogP contribution in [0.5, 0.6) is 0 Å². The zero-order valence-corrected chi connectivity index (χ0v) is 19.8. The molecule has 0 aromatic heterocycles. The van der Waals surface area contributed by atoms with E-state index >= 15 is 0 Å². The average Bonchev–Trinajstić information content (AvgIpc) is 2.67. The highest BCUT2D eigenvalue weighted by atomic mass is 14.1. The van der Waals surface area contributed by atoms with Gasteiger partial charge in [-0.05, 0) is 5.92 Å². The lowest BCUT2D eigenvalue weighted by Crippen LogP contribution is -1.95. The summed E-state index contributed by atoms with van der Waals surface area (Å²) < 4.78 is 0. The van der Waals surface area contributed by atoms with Crippen LogP contribution in [0.15, 0.2) is 0 Å². The Labute approximate surface area is 174 Å². The molecule has 0 amide bonds. The predicted octanol–water partition coefficient (Wildman–Crippen LogP) is 10.6. The third kappa shape index (κ3) is 24.0. The van der Waals surface area contributed by atoms with E-state index in [1.165, 1.54) is 148 Å². The first-order valence-corrected chi connectivity index (χ1v) is 13.3. The van der Waals surface area contributed by atoms with Crippen LogP contribution in [0.1, 0.15) is 168 Å². The van der Waals surface area contributed by atoms with Crippen LogP contribution in [0, 0.1) is 5.92 Å². The highest BCUT2D eigenvalue weighted by molar-refractivity contribution is 4.56. The molecule has 0 aliphatic heterocycles. The summed E-state index contributed by atoms with van der Waals surface area (Å²) >= 11 is 0. The van der Waals surface area contributed by atoms with Crippen molar-refractivity contribution in [2.24, 2.45) is 5.92 Å². The van der Waals surface area contributed by atoms with Gasteiger partial charge in [-0.2, -0.15) is 0 Å². The molecule has 0 spiro atoms. The molecule has 27 heavy (non-hydrogen) atoms. The molecule has 0 fully saturated rings. The first kappa shape index (κ1) is 27.0. The molecule has 0 N–H and O–H groups in total. The molecule has 0 rings (SSSR count). The van der Waals surface area contributed by atoms with Crippen molar-refractivity contribution in [3.05, 3.63) is 0 Å². The van der Waals surface area contributed by atoms with Crippen LogP contribution >= 0.6 is 0 Å². The quantitative estimate of drug-likeness (QED) is 0.155. The van der Waals surface area contributed by atoms with E-state index in [1.54, 1.807) is 0 Å². The minimum Gasteiger partial charge on any atom is -0.0654 e. The van der Waals surface area contributed by atoms with Gasteiger partial charge in [0.1, 0.15) is 0 Å². The summed E-state index contributed by atoms with van der Waals surface area (Å²) in [5.41, 5.74) is 0. The number of rotatable bonds is 23. The van der Waals surface area contributed by atoms with Crippen LogP contribution in [-0.4, -0.2) is 0 Å². The Hall–Kier alpha value is 0. The van der Waals surface area contributed by atoms with E-state index in [2.05, 4.69) is 20.8 Å². The first-order valence-electron chi connectivity index (χ1n) is 13.3. The molecule has 0 heterocycles. The highest BCUT2D eigenvalue weighted by Crippen LogP contribution is 2.19. The monoisotopic (exact) mass is 380 g/mol. The fourth-order valence-electron chi connectivity index (χ4n) is 4.28. The summed E-state index contributed by atoms with van der Waals surface area (Å²) in [6.07, 6.45) is 33.8. The van der Waals surface area contributed by atoms with Crippen LogP contribution < -0.4 is 0 Å². The van der Waals surface area contributed by atoms with Crippen LogP contribution in [0.2, 0.25) is 0 Å². The Morgan fingerprint density at radius 2 is 0.556 bits per heavy atom. The maximum atomic E-state index is 2.48. The molecule has 0 bridgehead atoms. The third-order valence-electron chi connectivity index (χ3n) is 6.35. The lowest BCUT2D eigenvalue weighted by Gasteiger charge is -2.11. The minimum absolute atomic E-state index is 0.971. The van der Waals surface area contributed by atoms with E-state index in [4.69, 9.17) is 0 Å².